The molecular formula is C18H22N2O3S. The molecule has 128 valence electrons. The molecule has 1 saturated heterocycles. The molecule has 1 atom stereocenters. The minimum absolute atomic E-state index is 0. The second kappa shape index (κ2) is 6.11. The Bertz CT molecular complexity index is 837. The van der Waals surface area contributed by atoms with Gasteiger partial charge in [-0.25, -0.2) is 8.42 Å². The lowest BCUT2D eigenvalue weighted by molar-refractivity contribution is 0.300. The van der Waals surface area contributed by atoms with Gasteiger partial charge in [-0.2, -0.15) is 0 Å². The Labute approximate surface area is 143 Å². The minimum atomic E-state index is -3.52. The summed E-state index contributed by atoms with van der Waals surface area (Å²) in [6.45, 7) is 3.41. The molecule has 2 aromatic carbocycles. The van der Waals surface area contributed by atoms with E-state index < -0.39 is 9.84 Å². The van der Waals surface area contributed by atoms with Crippen LogP contribution in [-0.4, -0.2) is 40.7 Å². The molecule has 6 heteroatoms. The van der Waals surface area contributed by atoms with E-state index >= 15 is 0 Å². The molecule has 0 aliphatic carbocycles. The summed E-state index contributed by atoms with van der Waals surface area (Å²) in [4.78, 5) is 2.91. The number of nitrogens with one attached hydrogen (secondary N) is 1. The molecule has 4 rings (SSSR count). The monoisotopic (exact) mass is 346 g/mol. The first-order chi connectivity index (χ1) is 11.7. The molecular weight excluding hydrogens is 324 g/mol. The maximum absolute atomic E-state index is 12.8. The molecule has 0 radical (unpaired) electrons. The van der Waals surface area contributed by atoms with Crippen LogP contribution in [0.1, 0.15) is 7.85 Å². The van der Waals surface area contributed by atoms with E-state index in [9.17, 15) is 8.42 Å². The van der Waals surface area contributed by atoms with Gasteiger partial charge in [0.25, 0.3) is 0 Å². The summed E-state index contributed by atoms with van der Waals surface area (Å²) in [5, 5.41) is 3.38. The van der Waals surface area contributed by atoms with Crippen molar-refractivity contribution in [2.45, 2.75) is 22.3 Å². The molecule has 0 unspecified atom stereocenters. The van der Waals surface area contributed by atoms with Crippen molar-refractivity contribution >= 4 is 15.5 Å². The predicted molar refractivity (Wildman–Crippen MR) is 94.6 cm³/mol. The molecule has 1 N–H and O–H groups in total. The summed E-state index contributed by atoms with van der Waals surface area (Å²) >= 11 is 0. The molecule has 2 aromatic rings. The summed E-state index contributed by atoms with van der Waals surface area (Å²) in [6, 6.07) is 14.2. The van der Waals surface area contributed by atoms with Crippen molar-refractivity contribution in [3.8, 4) is 5.75 Å². The van der Waals surface area contributed by atoms with Crippen LogP contribution in [0.25, 0.3) is 0 Å². The van der Waals surface area contributed by atoms with Crippen LogP contribution >= 0.6 is 0 Å². The smallest absolute Gasteiger partial charge is 0.206 e. The van der Waals surface area contributed by atoms with E-state index in [1.54, 1.807) is 36.4 Å². The quantitative estimate of drug-likeness (QED) is 0.924. The van der Waals surface area contributed by atoms with Gasteiger partial charge < -0.3 is 15.0 Å². The molecule has 2 aliphatic rings. The highest BCUT2D eigenvalue weighted by molar-refractivity contribution is 7.91. The van der Waals surface area contributed by atoms with Gasteiger partial charge in [-0.3, -0.25) is 0 Å². The normalized spacial score (nSPS) is 20.5. The molecule has 2 aliphatic heterocycles. The number of fused-ring (bicyclic) bond motifs is 1. The van der Waals surface area contributed by atoms with Crippen LogP contribution in [0.5, 0.6) is 5.75 Å². The fraction of sp³-hybridized carbons (Fsp3) is 0.333. The zero-order valence-electron chi connectivity index (χ0n) is 13.3. The standard InChI is InChI=1S/C18H20N2O3S.H2/c21-24(22,15-4-2-1-3-5-15)16-6-7-17-18(12-16)23-11-10-20(17)14-8-9-19-13-14;/h1-7,12,14,19H,8-11,13H2;1H/t14-;/m1./s1. The number of nitrogens with zero attached hydrogens (tertiary/aromatic N) is 1. The lowest BCUT2D eigenvalue weighted by Crippen LogP contribution is -2.42. The van der Waals surface area contributed by atoms with Crippen molar-refractivity contribution in [3.05, 3.63) is 48.5 Å². The minimum Gasteiger partial charge on any atom is -0.490 e. The van der Waals surface area contributed by atoms with E-state index in [0.717, 1.165) is 31.7 Å². The lowest BCUT2D eigenvalue weighted by Gasteiger charge is -2.35. The van der Waals surface area contributed by atoms with E-state index in [-0.39, 0.29) is 6.32 Å². The Morgan fingerprint density at radius 2 is 1.96 bits per heavy atom. The van der Waals surface area contributed by atoms with Gasteiger partial charge in [-0.1, -0.05) is 18.2 Å². The number of anilines is 1. The van der Waals surface area contributed by atoms with Crippen molar-refractivity contribution < 1.29 is 14.6 Å². The fourth-order valence-corrected chi connectivity index (χ4v) is 4.71. The van der Waals surface area contributed by atoms with Gasteiger partial charge in [0.2, 0.25) is 9.84 Å². The van der Waals surface area contributed by atoms with E-state index in [0.29, 0.717) is 23.3 Å². The fourth-order valence-electron chi connectivity index (χ4n) is 3.41. The lowest BCUT2D eigenvalue weighted by atomic mass is 10.1. The number of hydrogen-bond acceptors (Lipinski definition) is 5. The summed E-state index contributed by atoms with van der Waals surface area (Å²) in [5.41, 5.74) is 0.988. The summed E-state index contributed by atoms with van der Waals surface area (Å²) in [5.74, 6) is 0.658. The third-order valence-electron chi connectivity index (χ3n) is 4.67. The Morgan fingerprint density at radius 1 is 1.12 bits per heavy atom. The van der Waals surface area contributed by atoms with E-state index in [1.165, 1.54) is 0 Å². The number of ether oxygens (including phenoxy) is 1. The van der Waals surface area contributed by atoms with E-state index in [4.69, 9.17) is 4.74 Å². The van der Waals surface area contributed by atoms with Crippen molar-refractivity contribution in [1.29, 1.82) is 0 Å². The summed E-state index contributed by atoms with van der Waals surface area (Å²) in [7, 11) is -3.52. The maximum Gasteiger partial charge on any atom is 0.206 e. The zero-order valence-corrected chi connectivity index (χ0v) is 14.1. The predicted octanol–water partition coefficient (Wildman–Crippen LogP) is 2.33. The van der Waals surface area contributed by atoms with Gasteiger partial charge in [0.1, 0.15) is 12.4 Å². The van der Waals surface area contributed by atoms with Gasteiger partial charge in [0.05, 0.1) is 22.0 Å². The first-order valence-electron chi connectivity index (χ1n) is 8.20. The average Bonchev–Trinajstić information content (AvgIpc) is 3.16. The van der Waals surface area contributed by atoms with Crippen LogP contribution in [0.2, 0.25) is 0 Å². The first kappa shape index (κ1) is 15.5. The third-order valence-corrected chi connectivity index (χ3v) is 6.44. The second-order valence-corrected chi connectivity index (χ2v) is 8.08. The molecule has 2 heterocycles. The number of hydrogen-bond donors (Lipinski definition) is 1. The van der Waals surface area contributed by atoms with Crippen molar-refractivity contribution in [1.82, 2.24) is 5.32 Å². The topological polar surface area (TPSA) is 58.6 Å². The summed E-state index contributed by atoms with van der Waals surface area (Å²) < 4.78 is 31.3. The van der Waals surface area contributed by atoms with Crippen LogP contribution in [0.3, 0.4) is 0 Å². The van der Waals surface area contributed by atoms with Crippen LogP contribution in [0, 0.1) is 0 Å². The first-order valence-corrected chi connectivity index (χ1v) is 9.69. The van der Waals surface area contributed by atoms with Crippen LogP contribution in [0.4, 0.5) is 5.69 Å². The molecule has 0 bridgehead atoms. The van der Waals surface area contributed by atoms with Gasteiger partial charge in [0.15, 0.2) is 0 Å². The summed E-state index contributed by atoms with van der Waals surface area (Å²) in [6.07, 6.45) is 1.10. The highest BCUT2D eigenvalue weighted by Crippen LogP contribution is 2.36. The van der Waals surface area contributed by atoms with Crippen LogP contribution in [0.15, 0.2) is 58.3 Å². The van der Waals surface area contributed by atoms with Crippen molar-refractivity contribution in [2.75, 3.05) is 31.1 Å². The van der Waals surface area contributed by atoms with E-state index in [1.807, 2.05) is 12.1 Å². The largest absolute Gasteiger partial charge is 0.490 e. The van der Waals surface area contributed by atoms with Gasteiger partial charge >= 0.3 is 0 Å². The molecule has 0 aromatic heterocycles. The van der Waals surface area contributed by atoms with Crippen LogP contribution < -0.4 is 15.0 Å². The SMILES string of the molecule is O=S(=O)(c1ccccc1)c1ccc2c(c1)OCCN2[C@@H]1CCNC1.[HH]. The third kappa shape index (κ3) is 2.65. The van der Waals surface area contributed by atoms with Crippen molar-refractivity contribution in [3.63, 3.8) is 0 Å². The Kier molecular flexibility index (Phi) is 3.94. The van der Waals surface area contributed by atoms with Crippen LogP contribution in [-0.2, 0) is 9.84 Å². The zero-order chi connectivity index (χ0) is 16.6. The Morgan fingerprint density at radius 3 is 2.71 bits per heavy atom. The molecule has 24 heavy (non-hydrogen) atoms. The Hall–Kier alpha value is -2.05. The maximum atomic E-state index is 12.8. The molecule has 0 spiro atoms. The van der Waals surface area contributed by atoms with Gasteiger partial charge in [0, 0.05) is 20.1 Å². The number of rotatable bonds is 3. The van der Waals surface area contributed by atoms with Crippen molar-refractivity contribution in [2.24, 2.45) is 0 Å². The molecule has 0 saturated carbocycles. The second-order valence-electron chi connectivity index (χ2n) is 6.13. The molecule has 0 amide bonds. The van der Waals surface area contributed by atoms with Gasteiger partial charge in [-0.15, -0.1) is 0 Å². The Balaban J connectivity index is 0.00000182. The van der Waals surface area contributed by atoms with Gasteiger partial charge in [-0.05, 0) is 37.2 Å². The molecule has 1 fully saturated rings. The highest BCUT2D eigenvalue weighted by Gasteiger charge is 2.29. The molecule has 5 nitrogen and oxygen atoms in total. The van der Waals surface area contributed by atoms with E-state index in [2.05, 4.69) is 10.2 Å². The number of benzene rings is 2. The average molecular weight is 346 g/mol. The number of sulfone groups is 1. The highest BCUT2D eigenvalue weighted by atomic mass is 32.2.